The highest BCUT2D eigenvalue weighted by molar-refractivity contribution is 5.85. The Kier molecular flexibility index (Phi) is 2.33. The average molecular weight is 150 g/mol. The Morgan fingerprint density at radius 2 is 1.67 bits per heavy atom. The summed E-state index contributed by atoms with van der Waals surface area (Å²) in [6.07, 6.45) is 2.65. The first-order chi connectivity index (χ1) is 3.95. The van der Waals surface area contributed by atoms with Gasteiger partial charge in [0, 0.05) is 12.1 Å². The van der Waals surface area contributed by atoms with Crippen LogP contribution in [-0.2, 0) is 4.74 Å². The number of hydrogen-bond donors (Lipinski definition) is 1. The number of hydrogen-bond acceptors (Lipinski definition) is 2. The Morgan fingerprint density at radius 3 is 2.11 bits per heavy atom. The normalized spacial score (nSPS) is 40.0. The van der Waals surface area contributed by atoms with Crippen molar-refractivity contribution in [2.45, 2.75) is 24.9 Å². The molecule has 2 saturated heterocycles. The van der Waals surface area contributed by atoms with Gasteiger partial charge in [0.2, 0.25) is 0 Å². The van der Waals surface area contributed by atoms with Crippen LogP contribution in [0.4, 0.5) is 0 Å². The molecule has 2 rings (SSSR count). The minimum atomic E-state index is 0. The van der Waals surface area contributed by atoms with Crippen LogP contribution < -0.4 is 5.32 Å². The van der Waals surface area contributed by atoms with Gasteiger partial charge in [0.05, 0.1) is 13.2 Å². The molecule has 0 aliphatic carbocycles. The molecule has 2 heterocycles. The number of morpholine rings is 1. The Labute approximate surface area is 61.4 Å². The third-order valence-corrected chi connectivity index (χ3v) is 1.97. The van der Waals surface area contributed by atoms with Gasteiger partial charge in [-0.15, -0.1) is 12.4 Å². The van der Waals surface area contributed by atoms with Gasteiger partial charge in [0.1, 0.15) is 0 Å². The first-order valence-corrected chi connectivity index (χ1v) is 3.29. The lowest BCUT2D eigenvalue weighted by molar-refractivity contribution is 0.0728. The summed E-state index contributed by atoms with van der Waals surface area (Å²) in [4.78, 5) is 0. The molecule has 2 atom stereocenters. The summed E-state index contributed by atoms with van der Waals surface area (Å²) in [7, 11) is 0. The number of fused-ring (bicyclic) bond motifs is 2. The van der Waals surface area contributed by atoms with Gasteiger partial charge < -0.3 is 10.1 Å². The highest BCUT2D eigenvalue weighted by Gasteiger charge is 2.27. The van der Waals surface area contributed by atoms with E-state index in [-0.39, 0.29) is 12.4 Å². The summed E-state index contributed by atoms with van der Waals surface area (Å²) in [5, 5.41) is 3.47. The summed E-state index contributed by atoms with van der Waals surface area (Å²) in [5.74, 6) is 0. The lowest BCUT2D eigenvalue weighted by Gasteiger charge is -2.20. The van der Waals surface area contributed by atoms with Gasteiger partial charge in [0.15, 0.2) is 0 Å². The number of halogens is 1. The van der Waals surface area contributed by atoms with Crippen molar-refractivity contribution in [3.05, 3.63) is 0 Å². The molecule has 2 bridgehead atoms. The van der Waals surface area contributed by atoms with Crippen molar-refractivity contribution in [3.63, 3.8) is 0 Å². The zero-order valence-electron chi connectivity index (χ0n) is 5.30. The van der Waals surface area contributed by atoms with Gasteiger partial charge in [-0.2, -0.15) is 0 Å². The molecule has 0 aromatic carbocycles. The van der Waals surface area contributed by atoms with Gasteiger partial charge in [-0.1, -0.05) is 0 Å². The largest absolute Gasteiger partial charge is 0.378 e. The van der Waals surface area contributed by atoms with Crippen molar-refractivity contribution in [1.82, 2.24) is 5.32 Å². The Balaban J connectivity index is 0.000000405. The van der Waals surface area contributed by atoms with Crippen LogP contribution >= 0.6 is 12.4 Å². The Hall–Kier alpha value is 0.210. The fraction of sp³-hybridized carbons (Fsp3) is 1.00. The molecule has 3 heteroatoms. The van der Waals surface area contributed by atoms with Gasteiger partial charge in [-0.25, -0.2) is 0 Å². The molecule has 2 aliphatic heterocycles. The number of nitrogens with one attached hydrogen (secondary N) is 1. The number of rotatable bonds is 0. The highest BCUT2D eigenvalue weighted by atomic mass is 35.5. The molecule has 0 saturated carbocycles. The van der Waals surface area contributed by atoms with E-state index in [2.05, 4.69) is 5.32 Å². The van der Waals surface area contributed by atoms with Crippen LogP contribution in [0.15, 0.2) is 0 Å². The van der Waals surface area contributed by atoms with Gasteiger partial charge in [-0.3, -0.25) is 0 Å². The monoisotopic (exact) mass is 149 g/mol. The van der Waals surface area contributed by atoms with Gasteiger partial charge >= 0.3 is 0 Å². The van der Waals surface area contributed by atoms with Crippen molar-refractivity contribution in [1.29, 1.82) is 0 Å². The van der Waals surface area contributed by atoms with Gasteiger partial charge in [0.25, 0.3) is 0 Å². The first kappa shape index (κ1) is 7.32. The molecule has 0 radical (unpaired) electrons. The molecule has 54 valence electrons. The van der Waals surface area contributed by atoms with Crippen LogP contribution in [0, 0.1) is 0 Å². The molecule has 2 nitrogen and oxygen atoms in total. The first-order valence-electron chi connectivity index (χ1n) is 3.29. The molecule has 1 N–H and O–H groups in total. The molecule has 0 amide bonds. The van der Waals surface area contributed by atoms with E-state index in [1.54, 1.807) is 0 Å². The van der Waals surface area contributed by atoms with Crippen molar-refractivity contribution < 1.29 is 4.74 Å². The minimum Gasteiger partial charge on any atom is -0.378 e. The van der Waals surface area contributed by atoms with E-state index < -0.39 is 0 Å². The third-order valence-electron chi connectivity index (χ3n) is 1.97. The topological polar surface area (TPSA) is 21.3 Å². The summed E-state index contributed by atoms with van der Waals surface area (Å²) in [5.41, 5.74) is 0. The standard InChI is InChI=1S/C6H11NO.ClH/c1-2-6-4-8-3-5(1)7-6;/h5-7H,1-4H2;1H/t5-,6?;/m0./s1. The lowest BCUT2D eigenvalue weighted by Crippen LogP contribution is -2.41. The van der Waals surface area contributed by atoms with E-state index >= 15 is 0 Å². The molecule has 2 fully saturated rings. The van der Waals surface area contributed by atoms with Crippen LogP contribution in [0.3, 0.4) is 0 Å². The van der Waals surface area contributed by atoms with E-state index in [1.165, 1.54) is 12.8 Å². The van der Waals surface area contributed by atoms with Crippen molar-refractivity contribution in [3.8, 4) is 0 Å². The SMILES string of the molecule is C1C[C@H]2COCC1N2.Cl. The zero-order valence-corrected chi connectivity index (χ0v) is 6.12. The van der Waals surface area contributed by atoms with Crippen LogP contribution in [0.1, 0.15) is 12.8 Å². The predicted molar refractivity (Wildman–Crippen MR) is 38.0 cm³/mol. The molecule has 9 heavy (non-hydrogen) atoms. The smallest absolute Gasteiger partial charge is 0.0620 e. The lowest BCUT2D eigenvalue weighted by atomic mass is 10.2. The maximum absolute atomic E-state index is 5.29. The molecule has 0 aromatic heterocycles. The highest BCUT2D eigenvalue weighted by Crippen LogP contribution is 2.16. The predicted octanol–water partition coefficient (Wildman–Crippen LogP) is 0.559. The quantitative estimate of drug-likeness (QED) is 0.544. The Bertz CT molecular complexity index is 85.1. The second-order valence-electron chi connectivity index (χ2n) is 2.68. The second kappa shape index (κ2) is 2.86. The van der Waals surface area contributed by atoms with Crippen molar-refractivity contribution >= 4 is 12.4 Å². The second-order valence-corrected chi connectivity index (χ2v) is 2.68. The molecular weight excluding hydrogens is 138 g/mol. The molecule has 0 aromatic rings. The number of ether oxygens (including phenoxy) is 1. The maximum Gasteiger partial charge on any atom is 0.0620 e. The van der Waals surface area contributed by atoms with E-state index in [0.29, 0.717) is 12.1 Å². The molecular formula is C6H12ClNO. The molecule has 1 unspecified atom stereocenters. The van der Waals surface area contributed by atoms with E-state index in [1.807, 2.05) is 0 Å². The van der Waals surface area contributed by atoms with Crippen LogP contribution in [0.5, 0.6) is 0 Å². The van der Waals surface area contributed by atoms with Crippen molar-refractivity contribution in [2.75, 3.05) is 13.2 Å². The molecule has 0 spiro atoms. The summed E-state index contributed by atoms with van der Waals surface area (Å²) >= 11 is 0. The average Bonchev–Trinajstić information content (AvgIpc) is 2.12. The maximum atomic E-state index is 5.29. The summed E-state index contributed by atoms with van der Waals surface area (Å²) in [6, 6.07) is 1.38. The van der Waals surface area contributed by atoms with Crippen molar-refractivity contribution in [2.24, 2.45) is 0 Å². The van der Waals surface area contributed by atoms with Crippen LogP contribution in [-0.4, -0.2) is 25.3 Å². The fourth-order valence-electron chi connectivity index (χ4n) is 1.52. The van der Waals surface area contributed by atoms with E-state index in [4.69, 9.17) is 4.74 Å². The van der Waals surface area contributed by atoms with E-state index in [9.17, 15) is 0 Å². The van der Waals surface area contributed by atoms with Gasteiger partial charge in [-0.05, 0) is 12.8 Å². The molecule has 2 aliphatic rings. The van der Waals surface area contributed by atoms with Crippen LogP contribution in [0.25, 0.3) is 0 Å². The summed E-state index contributed by atoms with van der Waals surface area (Å²) in [6.45, 7) is 1.88. The van der Waals surface area contributed by atoms with Crippen LogP contribution in [0.2, 0.25) is 0 Å². The van der Waals surface area contributed by atoms with E-state index in [0.717, 1.165) is 13.2 Å². The minimum absolute atomic E-state index is 0. The third kappa shape index (κ3) is 1.37. The fourth-order valence-corrected chi connectivity index (χ4v) is 1.52. The Morgan fingerprint density at radius 1 is 1.11 bits per heavy atom. The zero-order chi connectivity index (χ0) is 5.40. The summed E-state index contributed by atoms with van der Waals surface area (Å²) < 4.78 is 5.29.